The number of H-pyrrole nitrogens is 1. The van der Waals surface area contributed by atoms with Crippen LogP contribution < -0.4 is 5.32 Å². The Labute approximate surface area is 130 Å². The maximum atomic E-state index is 13.6. The standard InChI is InChI=1S/C17H14F2N2O2/c18-11-5-3-6-12(19)16(11)15(22)9-20-17(23)14-8-10-4-1-2-7-13(10)21-14/h1-8,15,21-22H,9H2,(H,20,23). The summed E-state index contributed by atoms with van der Waals surface area (Å²) in [5.41, 5.74) is 0.662. The molecule has 0 aliphatic carbocycles. The topological polar surface area (TPSA) is 65.1 Å². The number of hydrogen-bond acceptors (Lipinski definition) is 2. The molecule has 2 aromatic carbocycles. The molecule has 0 radical (unpaired) electrons. The summed E-state index contributed by atoms with van der Waals surface area (Å²) in [6.07, 6.45) is -1.47. The van der Waals surface area contributed by atoms with Crippen molar-refractivity contribution in [3.05, 3.63) is 71.4 Å². The third-order valence-electron chi connectivity index (χ3n) is 3.56. The van der Waals surface area contributed by atoms with Crippen LogP contribution in [-0.4, -0.2) is 22.5 Å². The molecule has 0 bridgehead atoms. The van der Waals surface area contributed by atoms with Gasteiger partial charge in [-0.3, -0.25) is 4.79 Å². The second-order valence-electron chi connectivity index (χ2n) is 5.13. The zero-order valence-electron chi connectivity index (χ0n) is 12.0. The minimum Gasteiger partial charge on any atom is -0.386 e. The van der Waals surface area contributed by atoms with E-state index in [0.29, 0.717) is 5.69 Å². The maximum Gasteiger partial charge on any atom is 0.267 e. The van der Waals surface area contributed by atoms with Crippen molar-refractivity contribution in [3.8, 4) is 0 Å². The van der Waals surface area contributed by atoms with Crippen molar-refractivity contribution >= 4 is 16.8 Å². The van der Waals surface area contributed by atoms with Gasteiger partial charge in [0.05, 0.1) is 5.56 Å². The van der Waals surface area contributed by atoms with Crippen molar-refractivity contribution < 1.29 is 18.7 Å². The lowest BCUT2D eigenvalue weighted by Gasteiger charge is -2.13. The number of nitrogens with one attached hydrogen (secondary N) is 2. The van der Waals surface area contributed by atoms with Crippen LogP contribution in [0.4, 0.5) is 8.78 Å². The number of aliphatic hydroxyl groups is 1. The number of aromatic amines is 1. The summed E-state index contributed by atoms with van der Waals surface area (Å²) in [6, 6.07) is 12.4. The van der Waals surface area contributed by atoms with Gasteiger partial charge in [0.1, 0.15) is 23.4 Å². The van der Waals surface area contributed by atoms with Gasteiger partial charge in [-0.2, -0.15) is 0 Å². The molecule has 23 heavy (non-hydrogen) atoms. The molecule has 1 heterocycles. The highest BCUT2D eigenvalue weighted by molar-refractivity contribution is 5.97. The number of hydrogen-bond donors (Lipinski definition) is 3. The van der Waals surface area contributed by atoms with Crippen LogP contribution in [0.25, 0.3) is 10.9 Å². The van der Waals surface area contributed by atoms with E-state index < -0.39 is 29.2 Å². The van der Waals surface area contributed by atoms with Gasteiger partial charge in [0.2, 0.25) is 0 Å². The fourth-order valence-electron chi connectivity index (χ4n) is 2.41. The molecular formula is C17H14F2N2O2. The Morgan fingerprint density at radius 2 is 1.83 bits per heavy atom. The first-order valence-electron chi connectivity index (χ1n) is 7.04. The van der Waals surface area contributed by atoms with Crippen molar-refractivity contribution in [1.82, 2.24) is 10.3 Å². The van der Waals surface area contributed by atoms with Crippen molar-refractivity contribution in [1.29, 1.82) is 0 Å². The summed E-state index contributed by atoms with van der Waals surface area (Å²) in [4.78, 5) is 15.0. The fraction of sp³-hybridized carbons (Fsp3) is 0.118. The quantitative estimate of drug-likeness (QED) is 0.693. The molecular weight excluding hydrogens is 302 g/mol. The Kier molecular flexibility index (Phi) is 4.08. The molecule has 3 rings (SSSR count). The fourth-order valence-corrected chi connectivity index (χ4v) is 2.41. The highest BCUT2D eigenvalue weighted by atomic mass is 19.1. The van der Waals surface area contributed by atoms with Gasteiger partial charge >= 0.3 is 0 Å². The molecule has 0 aliphatic rings. The molecule has 0 saturated heterocycles. The predicted molar refractivity (Wildman–Crippen MR) is 81.9 cm³/mol. The molecule has 0 saturated carbocycles. The van der Waals surface area contributed by atoms with Gasteiger partial charge in [0, 0.05) is 17.4 Å². The van der Waals surface area contributed by atoms with E-state index >= 15 is 0 Å². The van der Waals surface area contributed by atoms with Crippen LogP contribution >= 0.6 is 0 Å². The number of rotatable bonds is 4. The van der Waals surface area contributed by atoms with Crippen LogP contribution in [0.3, 0.4) is 0 Å². The van der Waals surface area contributed by atoms with Crippen molar-refractivity contribution in [2.45, 2.75) is 6.10 Å². The van der Waals surface area contributed by atoms with Crippen LogP contribution in [0.2, 0.25) is 0 Å². The molecule has 1 aromatic heterocycles. The number of aromatic nitrogens is 1. The zero-order chi connectivity index (χ0) is 16.4. The van der Waals surface area contributed by atoms with E-state index in [4.69, 9.17) is 0 Å². The molecule has 1 atom stereocenters. The van der Waals surface area contributed by atoms with Crippen LogP contribution in [0.1, 0.15) is 22.2 Å². The maximum absolute atomic E-state index is 13.6. The molecule has 6 heteroatoms. The summed E-state index contributed by atoms with van der Waals surface area (Å²) in [7, 11) is 0. The van der Waals surface area contributed by atoms with E-state index in [1.807, 2.05) is 24.3 Å². The molecule has 1 amide bonds. The van der Waals surface area contributed by atoms with Gasteiger partial charge in [-0.25, -0.2) is 8.78 Å². The van der Waals surface area contributed by atoms with E-state index in [2.05, 4.69) is 10.3 Å². The van der Waals surface area contributed by atoms with Gasteiger partial charge < -0.3 is 15.4 Å². The summed E-state index contributed by atoms with van der Waals surface area (Å²) in [6.45, 7) is -0.300. The summed E-state index contributed by atoms with van der Waals surface area (Å²) in [5, 5.41) is 13.2. The summed E-state index contributed by atoms with van der Waals surface area (Å²) in [5.74, 6) is -2.16. The molecule has 118 valence electrons. The Balaban J connectivity index is 1.71. The first-order chi connectivity index (χ1) is 11.1. The van der Waals surface area contributed by atoms with Gasteiger partial charge in [0.25, 0.3) is 5.91 Å². The monoisotopic (exact) mass is 316 g/mol. The smallest absolute Gasteiger partial charge is 0.267 e. The van der Waals surface area contributed by atoms with Crippen molar-refractivity contribution in [2.75, 3.05) is 6.54 Å². The first-order valence-corrected chi connectivity index (χ1v) is 7.04. The van der Waals surface area contributed by atoms with Gasteiger partial charge in [-0.1, -0.05) is 24.3 Å². The van der Waals surface area contributed by atoms with Crippen molar-refractivity contribution in [3.63, 3.8) is 0 Å². The molecule has 0 aliphatic heterocycles. The Morgan fingerprint density at radius 3 is 2.52 bits per heavy atom. The normalized spacial score (nSPS) is 12.3. The first kappa shape index (κ1) is 15.2. The number of carbonyl (C=O) groups is 1. The third-order valence-corrected chi connectivity index (χ3v) is 3.56. The van der Waals surface area contributed by atoms with E-state index in [0.717, 1.165) is 23.0 Å². The van der Waals surface area contributed by atoms with E-state index in [1.54, 1.807) is 6.07 Å². The number of fused-ring (bicyclic) bond motifs is 1. The summed E-state index contributed by atoms with van der Waals surface area (Å²) >= 11 is 0. The lowest BCUT2D eigenvalue weighted by molar-refractivity contribution is 0.0907. The lowest BCUT2D eigenvalue weighted by Crippen LogP contribution is -2.29. The number of para-hydroxylation sites is 1. The van der Waals surface area contributed by atoms with E-state index in [9.17, 15) is 18.7 Å². The number of amides is 1. The Hall–Kier alpha value is -2.73. The predicted octanol–water partition coefficient (Wildman–Crippen LogP) is 2.91. The van der Waals surface area contributed by atoms with Gasteiger partial charge in [-0.15, -0.1) is 0 Å². The highest BCUT2D eigenvalue weighted by Gasteiger charge is 2.19. The van der Waals surface area contributed by atoms with E-state index in [-0.39, 0.29) is 6.54 Å². The molecule has 0 fully saturated rings. The minimum atomic E-state index is -1.47. The van der Waals surface area contributed by atoms with Crippen molar-refractivity contribution in [2.24, 2.45) is 0 Å². The van der Waals surface area contributed by atoms with Crippen LogP contribution in [0.5, 0.6) is 0 Å². The number of carbonyl (C=O) groups excluding carboxylic acids is 1. The number of benzene rings is 2. The molecule has 1 unspecified atom stereocenters. The average Bonchev–Trinajstić information content (AvgIpc) is 2.96. The number of aliphatic hydroxyl groups excluding tert-OH is 1. The second kappa shape index (κ2) is 6.18. The van der Waals surface area contributed by atoms with Crippen LogP contribution in [0.15, 0.2) is 48.5 Å². The molecule has 3 aromatic rings. The third kappa shape index (κ3) is 3.07. The SMILES string of the molecule is O=C(NCC(O)c1c(F)cccc1F)c1cc2ccccc2[nH]1. The molecule has 0 spiro atoms. The highest BCUT2D eigenvalue weighted by Crippen LogP contribution is 2.20. The number of halogens is 2. The van der Waals surface area contributed by atoms with Crippen LogP contribution in [-0.2, 0) is 0 Å². The largest absolute Gasteiger partial charge is 0.386 e. The van der Waals surface area contributed by atoms with Gasteiger partial charge in [0.15, 0.2) is 0 Å². The summed E-state index contributed by atoms with van der Waals surface area (Å²) < 4.78 is 27.1. The Morgan fingerprint density at radius 1 is 1.13 bits per heavy atom. The minimum absolute atomic E-state index is 0.300. The van der Waals surface area contributed by atoms with Crippen LogP contribution in [0, 0.1) is 11.6 Å². The molecule has 4 nitrogen and oxygen atoms in total. The van der Waals surface area contributed by atoms with E-state index in [1.165, 1.54) is 6.07 Å². The lowest BCUT2D eigenvalue weighted by atomic mass is 10.1. The Bertz CT molecular complexity index is 807. The second-order valence-corrected chi connectivity index (χ2v) is 5.13. The molecule has 3 N–H and O–H groups in total. The zero-order valence-corrected chi connectivity index (χ0v) is 12.0. The average molecular weight is 316 g/mol. The van der Waals surface area contributed by atoms with Gasteiger partial charge in [-0.05, 0) is 24.3 Å².